The van der Waals surface area contributed by atoms with Gasteiger partial charge in [0.1, 0.15) is 11.5 Å². The van der Waals surface area contributed by atoms with E-state index < -0.39 is 0 Å². The number of nitrogen functional groups attached to an aromatic ring is 1. The molecule has 1 heterocycles. The minimum Gasteiger partial charge on any atom is -0.382 e. The maximum Gasteiger partial charge on any atom is 0.141 e. The largest absolute Gasteiger partial charge is 0.382 e. The number of nitrogens with one attached hydrogen (secondary N) is 1. The molecule has 3 N–H and O–H groups in total. The van der Waals surface area contributed by atoms with E-state index in [1.54, 1.807) is 18.0 Å². The smallest absolute Gasteiger partial charge is 0.141 e. The monoisotopic (exact) mass is 307 g/mol. The van der Waals surface area contributed by atoms with Crippen LogP contribution in [0.4, 0.5) is 0 Å². The summed E-state index contributed by atoms with van der Waals surface area (Å²) >= 11 is 5.01. The highest BCUT2D eigenvalue weighted by Crippen LogP contribution is 2.28. The molecule has 3 nitrogen and oxygen atoms in total. The van der Waals surface area contributed by atoms with Crippen molar-refractivity contribution < 1.29 is 0 Å². The summed E-state index contributed by atoms with van der Waals surface area (Å²) in [6.07, 6.45) is 1.66. The molecule has 0 spiro atoms. The molecule has 2 aromatic rings. The zero-order valence-electron chi connectivity index (χ0n) is 8.85. The molecule has 2 rings (SSSR count). The molecule has 0 fully saturated rings. The average Bonchev–Trinajstić information content (AvgIpc) is 2.32. The van der Waals surface area contributed by atoms with Crippen LogP contribution in [-0.4, -0.2) is 10.8 Å². The molecule has 1 aromatic carbocycles. The van der Waals surface area contributed by atoms with Gasteiger partial charge >= 0.3 is 0 Å². The van der Waals surface area contributed by atoms with Gasteiger partial charge in [0.05, 0.1) is 0 Å². The lowest BCUT2D eigenvalue weighted by Crippen LogP contribution is -2.12. The summed E-state index contributed by atoms with van der Waals surface area (Å²) in [6, 6.07) is 11.8. The highest BCUT2D eigenvalue weighted by molar-refractivity contribution is 9.10. The van der Waals surface area contributed by atoms with Gasteiger partial charge in [-0.25, -0.2) is 0 Å². The zero-order chi connectivity index (χ0) is 12.3. The number of rotatable bonds is 3. The zero-order valence-corrected chi connectivity index (χ0v) is 11.3. The molecule has 0 aliphatic carbocycles. The van der Waals surface area contributed by atoms with E-state index >= 15 is 0 Å². The molecule has 0 aliphatic rings. The van der Waals surface area contributed by atoms with Crippen LogP contribution in [0.2, 0.25) is 0 Å². The molecule has 0 aliphatic heterocycles. The molecule has 0 amide bonds. The minimum absolute atomic E-state index is 0.0109. The van der Waals surface area contributed by atoms with Gasteiger partial charge < -0.3 is 5.73 Å². The van der Waals surface area contributed by atoms with Gasteiger partial charge in [-0.2, -0.15) is 0 Å². The van der Waals surface area contributed by atoms with Gasteiger partial charge in [-0.15, -0.1) is 0 Å². The van der Waals surface area contributed by atoms with Gasteiger partial charge in [-0.05, 0) is 36.4 Å². The summed E-state index contributed by atoms with van der Waals surface area (Å²) in [5, 5.41) is 7.34. The summed E-state index contributed by atoms with van der Waals surface area (Å²) in [4.78, 5) is 6.18. The Kier molecular flexibility index (Phi) is 3.81. The van der Waals surface area contributed by atoms with E-state index in [2.05, 4.69) is 20.9 Å². The van der Waals surface area contributed by atoms with Crippen molar-refractivity contribution in [1.82, 2.24) is 4.98 Å². The van der Waals surface area contributed by atoms with Gasteiger partial charge in [-0.1, -0.05) is 27.7 Å². The van der Waals surface area contributed by atoms with Crippen LogP contribution >= 0.6 is 27.7 Å². The van der Waals surface area contributed by atoms with Crippen molar-refractivity contribution in [2.45, 2.75) is 9.79 Å². The lowest BCUT2D eigenvalue weighted by molar-refractivity contribution is 1.21. The molecule has 0 saturated heterocycles. The van der Waals surface area contributed by atoms with Gasteiger partial charge in [0.2, 0.25) is 0 Å². The molecule has 86 valence electrons. The van der Waals surface area contributed by atoms with Crippen molar-refractivity contribution in [3.63, 3.8) is 0 Å². The highest BCUT2D eigenvalue weighted by Gasteiger charge is 2.02. The predicted octanol–water partition coefficient (Wildman–Crippen LogP) is 3.28. The van der Waals surface area contributed by atoms with Crippen LogP contribution in [0.3, 0.4) is 0 Å². The van der Waals surface area contributed by atoms with Crippen LogP contribution < -0.4 is 5.73 Å². The number of nitrogens with two attached hydrogens (primary N) is 1. The minimum atomic E-state index is -0.0109. The molecular weight excluding hydrogens is 298 g/mol. The third-order valence-corrected chi connectivity index (χ3v) is 3.58. The Morgan fingerprint density at radius 2 is 1.88 bits per heavy atom. The van der Waals surface area contributed by atoms with Gasteiger partial charge in [0.15, 0.2) is 0 Å². The topological polar surface area (TPSA) is 62.8 Å². The second-order valence-electron chi connectivity index (χ2n) is 3.35. The third-order valence-electron chi connectivity index (χ3n) is 2.06. The van der Waals surface area contributed by atoms with Crippen molar-refractivity contribution in [2.24, 2.45) is 5.73 Å². The van der Waals surface area contributed by atoms with Crippen LogP contribution in [0, 0.1) is 5.41 Å². The fourth-order valence-electron chi connectivity index (χ4n) is 1.26. The van der Waals surface area contributed by atoms with Gasteiger partial charge in [0.25, 0.3) is 0 Å². The second kappa shape index (κ2) is 5.33. The first-order valence-electron chi connectivity index (χ1n) is 4.89. The summed E-state index contributed by atoms with van der Waals surface area (Å²) in [7, 11) is 0. The lowest BCUT2D eigenvalue weighted by Gasteiger charge is -2.03. The molecule has 0 atom stereocenters. The summed E-state index contributed by atoms with van der Waals surface area (Å²) in [6.45, 7) is 0. The van der Waals surface area contributed by atoms with E-state index in [0.717, 1.165) is 14.3 Å². The molecule has 17 heavy (non-hydrogen) atoms. The Morgan fingerprint density at radius 3 is 2.53 bits per heavy atom. The van der Waals surface area contributed by atoms with E-state index in [1.807, 2.05) is 36.4 Å². The van der Waals surface area contributed by atoms with Crippen LogP contribution in [0.5, 0.6) is 0 Å². The van der Waals surface area contributed by atoms with Crippen molar-refractivity contribution in [1.29, 1.82) is 5.41 Å². The van der Waals surface area contributed by atoms with E-state index in [-0.39, 0.29) is 5.84 Å². The number of pyridine rings is 1. The first-order chi connectivity index (χ1) is 8.15. The normalized spacial score (nSPS) is 10.2. The van der Waals surface area contributed by atoms with E-state index in [4.69, 9.17) is 11.1 Å². The highest BCUT2D eigenvalue weighted by atomic mass is 79.9. The molecule has 0 radical (unpaired) electrons. The Hall–Kier alpha value is -1.33. The quantitative estimate of drug-likeness (QED) is 0.675. The summed E-state index contributed by atoms with van der Waals surface area (Å²) < 4.78 is 1.06. The molecule has 0 unspecified atom stereocenters. The molecule has 0 saturated carbocycles. The van der Waals surface area contributed by atoms with E-state index in [0.29, 0.717) is 5.69 Å². The van der Waals surface area contributed by atoms with E-state index in [9.17, 15) is 0 Å². The number of amidine groups is 1. The molecule has 1 aromatic heterocycles. The van der Waals surface area contributed by atoms with Gasteiger partial charge in [0, 0.05) is 20.5 Å². The summed E-state index contributed by atoms with van der Waals surface area (Å²) in [5.74, 6) is -0.0109. The second-order valence-corrected chi connectivity index (χ2v) is 5.41. The molecule has 5 heteroatoms. The number of aromatic nitrogens is 1. The van der Waals surface area contributed by atoms with Crippen LogP contribution in [0.15, 0.2) is 56.9 Å². The number of halogens is 1. The number of hydrogen-bond donors (Lipinski definition) is 2. The van der Waals surface area contributed by atoms with Gasteiger partial charge in [-0.3, -0.25) is 10.4 Å². The Labute approximate surface area is 112 Å². The first kappa shape index (κ1) is 12.1. The maximum atomic E-state index is 7.34. The fourth-order valence-corrected chi connectivity index (χ4v) is 2.37. The average molecular weight is 308 g/mol. The number of hydrogen-bond acceptors (Lipinski definition) is 3. The number of benzene rings is 1. The van der Waals surface area contributed by atoms with Crippen LogP contribution in [0.1, 0.15) is 5.69 Å². The summed E-state index contributed by atoms with van der Waals surface area (Å²) in [5.41, 5.74) is 5.91. The Balaban J connectivity index is 2.21. The molecule has 0 bridgehead atoms. The Morgan fingerprint density at radius 1 is 1.18 bits per heavy atom. The maximum absolute atomic E-state index is 7.34. The van der Waals surface area contributed by atoms with Crippen molar-refractivity contribution >= 4 is 33.5 Å². The standard InChI is InChI=1S/C12H10BrN3S/c13-8-1-3-9(4-2-8)17-10-5-6-16-11(7-10)12(14)15/h1-7H,(H3,14,15). The Bertz CT molecular complexity index is 540. The van der Waals surface area contributed by atoms with Crippen molar-refractivity contribution in [2.75, 3.05) is 0 Å². The molecular formula is C12H10BrN3S. The fraction of sp³-hybridized carbons (Fsp3) is 0. The lowest BCUT2D eigenvalue weighted by atomic mass is 10.3. The van der Waals surface area contributed by atoms with Crippen molar-refractivity contribution in [3.05, 3.63) is 52.8 Å². The van der Waals surface area contributed by atoms with Crippen molar-refractivity contribution in [3.8, 4) is 0 Å². The predicted molar refractivity (Wildman–Crippen MR) is 73.5 cm³/mol. The van der Waals surface area contributed by atoms with Crippen LogP contribution in [0.25, 0.3) is 0 Å². The SMILES string of the molecule is N=C(N)c1cc(Sc2ccc(Br)cc2)ccn1. The first-order valence-corrected chi connectivity index (χ1v) is 6.50. The third kappa shape index (κ3) is 3.31. The number of nitrogens with zero attached hydrogens (tertiary/aromatic N) is 1. The van der Waals surface area contributed by atoms with E-state index in [1.165, 1.54) is 0 Å². The van der Waals surface area contributed by atoms with Crippen LogP contribution in [-0.2, 0) is 0 Å².